The predicted octanol–water partition coefficient (Wildman–Crippen LogP) is 1.31. The molecule has 0 bridgehead atoms. The fourth-order valence-electron chi connectivity index (χ4n) is 1.53. The molecule has 1 amide bonds. The second kappa shape index (κ2) is 7.79. The van der Waals surface area contributed by atoms with Crippen LogP contribution < -0.4 is 10.0 Å². The molecule has 0 atom stereocenters. The fraction of sp³-hybridized carbons (Fsp3) is 0.462. The molecular formula is C13H19N5O3S. The molecule has 120 valence electrons. The number of nitrogens with one attached hydrogen (secondary N) is 2. The molecule has 0 unspecified atom stereocenters. The van der Waals surface area contributed by atoms with Crippen LogP contribution in [0.25, 0.3) is 10.4 Å². The summed E-state index contributed by atoms with van der Waals surface area (Å²) in [5, 5.41) is 5.79. The summed E-state index contributed by atoms with van der Waals surface area (Å²) in [5.41, 5.74) is 7.95. The van der Waals surface area contributed by atoms with Crippen LogP contribution in [0.1, 0.15) is 19.4 Å². The first-order valence-corrected chi connectivity index (χ1v) is 8.28. The number of carbonyl (C=O) groups is 1. The minimum atomic E-state index is -3.50. The summed E-state index contributed by atoms with van der Waals surface area (Å²) >= 11 is 0. The van der Waals surface area contributed by atoms with Crippen molar-refractivity contribution in [2.75, 3.05) is 12.3 Å². The summed E-state index contributed by atoms with van der Waals surface area (Å²) in [6, 6.07) is 9.11. The Morgan fingerprint density at radius 2 is 1.95 bits per heavy atom. The Hall–Kier alpha value is -2.09. The molecular weight excluding hydrogens is 306 g/mol. The highest BCUT2D eigenvalue weighted by Gasteiger charge is 2.26. The fourth-order valence-corrected chi connectivity index (χ4v) is 2.44. The lowest BCUT2D eigenvalue weighted by molar-refractivity contribution is -0.125. The number of hydrogen-bond acceptors (Lipinski definition) is 4. The lowest BCUT2D eigenvalue weighted by atomic mass is 10.1. The molecule has 0 saturated carbocycles. The number of benzene rings is 1. The Balaban J connectivity index is 2.43. The third-order valence-electron chi connectivity index (χ3n) is 2.85. The molecule has 0 aliphatic rings. The van der Waals surface area contributed by atoms with Gasteiger partial charge in [-0.1, -0.05) is 35.4 Å². The molecule has 0 aromatic heterocycles. The molecule has 0 fully saturated rings. The first kappa shape index (κ1) is 18.0. The first-order chi connectivity index (χ1) is 10.3. The van der Waals surface area contributed by atoms with Gasteiger partial charge in [0, 0.05) is 18.0 Å². The Morgan fingerprint density at radius 1 is 1.32 bits per heavy atom. The largest absolute Gasteiger partial charge is 0.354 e. The number of azide groups is 1. The highest BCUT2D eigenvalue weighted by Crippen LogP contribution is 2.08. The van der Waals surface area contributed by atoms with E-state index < -0.39 is 21.5 Å². The van der Waals surface area contributed by atoms with Crippen LogP contribution in [0.4, 0.5) is 0 Å². The van der Waals surface area contributed by atoms with Gasteiger partial charge in [-0.2, -0.15) is 0 Å². The van der Waals surface area contributed by atoms with Crippen molar-refractivity contribution in [3.8, 4) is 0 Å². The number of sulfonamides is 1. The Morgan fingerprint density at radius 3 is 2.55 bits per heavy atom. The molecule has 0 aliphatic heterocycles. The lowest BCUT2D eigenvalue weighted by Crippen LogP contribution is -2.43. The van der Waals surface area contributed by atoms with Gasteiger partial charge in [0.1, 0.15) is 5.54 Å². The maximum Gasteiger partial charge on any atom is 0.231 e. The Bertz CT molecular complexity index is 652. The van der Waals surface area contributed by atoms with Crippen molar-refractivity contribution in [2.24, 2.45) is 5.11 Å². The summed E-state index contributed by atoms with van der Waals surface area (Å²) in [7, 11) is -3.50. The second-order valence-corrected chi connectivity index (χ2v) is 7.06. The van der Waals surface area contributed by atoms with Crippen LogP contribution in [0, 0.1) is 0 Å². The molecule has 0 saturated heterocycles. The highest BCUT2D eigenvalue weighted by atomic mass is 32.2. The van der Waals surface area contributed by atoms with E-state index in [0.717, 1.165) is 5.56 Å². The molecule has 1 rings (SSSR count). The van der Waals surface area contributed by atoms with E-state index in [9.17, 15) is 13.2 Å². The van der Waals surface area contributed by atoms with Crippen LogP contribution in [0.2, 0.25) is 0 Å². The van der Waals surface area contributed by atoms with Gasteiger partial charge in [-0.3, -0.25) is 4.79 Å². The maximum atomic E-state index is 11.8. The van der Waals surface area contributed by atoms with E-state index in [2.05, 4.69) is 20.1 Å². The van der Waals surface area contributed by atoms with Gasteiger partial charge in [0.15, 0.2) is 0 Å². The van der Waals surface area contributed by atoms with Gasteiger partial charge >= 0.3 is 0 Å². The van der Waals surface area contributed by atoms with E-state index >= 15 is 0 Å². The minimum absolute atomic E-state index is 0.0622. The smallest absolute Gasteiger partial charge is 0.231 e. The number of amides is 1. The SMILES string of the molecule is CC(C)(N=[N+]=[N-])C(=O)NCCS(=O)(=O)NCc1ccccc1. The molecule has 1 aromatic rings. The average Bonchev–Trinajstić information content (AvgIpc) is 2.46. The number of hydrogen-bond donors (Lipinski definition) is 2. The van der Waals surface area contributed by atoms with Gasteiger partial charge < -0.3 is 5.32 Å². The van der Waals surface area contributed by atoms with E-state index in [1.54, 1.807) is 0 Å². The Kier molecular flexibility index (Phi) is 6.36. The average molecular weight is 325 g/mol. The van der Waals surface area contributed by atoms with Gasteiger partial charge in [-0.05, 0) is 24.9 Å². The first-order valence-electron chi connectivity index (χ1n) is 6.63. The molecule has 2 N–H and O–H groups in total. The quantitative estimate of drug-likeness (QED) is 0.425. The summed E-state index contributed by atoms with van der Waals surface area (Å²) < 4.78 is 26.1. The van der Waals surface area contributed by atoms with Crippen LogP contribution in [-0.2, 0) is 21.4 Å². The van der Waals surface area contributed by atoms with Crippen molar-refractivity contribution in [3.05, 3.63) is 46.3 Å². The van der Waals surface area contributed by atoms with Gasteiger partial charge in [-0.15, -0.1) is 0 Å². The molecule has 0 radical (unpaired) electrons. The zero-order chi connectivity index (χ0) is 16.6. The molecule has 0 heterocycles. The van der Waals surface area contributed by atoms with Crippen LogP contribution in [-0.4, -0.2) is 32.2 Å². The topological polar surface area (TPSA) is 124 Å². The normalized spacial score (nSPS) is 11.5. The minimum Gasteiger partial charge on any atom is -0.354 e. The van der Waals surface area contributed by atoms with E-state index in [1.165, 1.54) is 13.8 Å². The van der Waals surface area contributed by atoms with Crippen molar-refractivity contribution in [1.29, 1.82) is 0 Å². The molecule has 0 aliphatic carbocycles. The second-order valence-electron chi connectivity index (χ2n) is 5.13. The van der Waals surface area contributed by atoms with Crippen molar-refractivity contribution >= 4 is 15.9 Å². The maximum absolute atomic E-state index is 11.8. The van der Waals surface area contributed by atoms with E-state index in [-0.39, 0.29) is 18.8 Å². The number of rotatable bonds is 8. The van der Waals surface area contributed by atoms with E-state index in [4.69, 9.17) is 5.53 Å². The molecule has 9 heteroatoms. The molecule has 1 aromatic carbocycles. The molecule has 0 spiro atoms. The summed E-state index contributed by atoms with van der Waals surface area (Å²) in [4.78, 5) is 14.3. The third kappa shape index (κ3) is 6.13. The third-order valence-corrected chi connectivity index (χ3v) is 4.17. The summed E-state index contributed by atoms with van der Waals surface area (Å²) in [5.74, 6) is -0.777. The van der Waals surface area contributed by atoms with Crippen molar-refractivity contribution in [1.82, 2.24) is 10.0 Å². The monoisotopic (exact) mass is 325 g/mol. The van der Waals surface area contributed by atoms with Gasteiger partial charge in [0.05, 0.1) is 5.75 Å². The van der Waals surface area contributed by atoms with Crippen molar-refractivity contribution in [3.63, 3.8) is 0 Å². The van der Waals surface area contributed by atoms with Gasteiger partial charge in [0.2, 0.25) is 15.9 Å². The molecule has 22 heavy (non-hydrogen) atoms. The Labute approximate surface area is 129 Å². The van der Waals surface area contributed by atoms with Crippen LogP contribution in [0.15, 0.2) is 35.4 Å². The number of carbonyl (C=O) groups excluding carboxylic acids is 1. The highest BCUT2D eigenvalue weighted by molar-refractivity contribution is 7.89. The summed E-state index contributed by atoms with van der Waals surface area (Å²) in [6.45, 7) is 3.03. The van der Waals surface area contributed by atoms with Crippen LogP contribution in [0.5, 0.6) is 0 Å². The van der Waals surface area contributed by atoms with E-state index in [1.807, 2.05) is 30.3 Å². The van der Waals surface area contributed by atoms with Gasteiger partial charge in [-0.25, -0.2) is 13.1 Å². The van der Waals surface area contributed by atoms with E-state index in [0.29, 0.717) is 0 Å². The van der Waals surface area contributed by atoms with Gasteiger partial charge in [0.25, 0.3) is 0 Å². The zero-order valence-electron chi connectivity index (χ0n) is 12.5. The zero-order valence-corrected chi connectivity index (χ0v) is 13.3. The van der Waals surface area contributed by atoms with Crippen molar-refractivity contribution < 1.29 is 13.2 Å². The van der Waals surface area contributed by atoms with Crippen LogP contribution >= 0.6 is 0 Å². The predicted molar refractivity (Wildman–Crippen MR) is 83.3 cm³/mol. The number of nitrogens with zero attached hydrogens (tertiary/aromatic N) is 3. The molecule has 8 nitrogen and oxygen atoms in total. The lowest BCUT2D eigenvalue weighted by Gasteiger charge is -2.17. The standard InChI is InChI=1S/C13H19N5O3S/c1-13(2,17-18-14)12(19)15-8-9-22(20,21)16-10-11-6-4-3-5-7-11/h3-7,16H,8-10H2,1-2H3,(H,15,19). The van der Waals surface area contributed by atoms with Crippen molar-refractivity contribution in [2.45, 2.75) is 25.9 Å². The van der Waals surface area contributed by atoms with Crippen LogP contribution in [0.3, 0.4) is 0 Å². The summed E-state index contributed by atoms with van der Waals surface area (Å²) in [6.07, 6.45) is 0.